The maximum absolute atomic E-state index is 5.92. The smallest absolute Gasteiger partial charge is 0.0717 e. The Kier molecular flexibility index (Phi) is 6.98. The Hall–Kier alpha value is -1.12. The minimum atomic E-state index is 0.689. The van der Waals surface area contributed by atoms with Gasteiger partial charge >= 0.3 is 0 Å². The summed E-state index contributed by atoms with van der Waals surface area (Å²) in [6.45, 7) is 8.19. The van der Waals surface area contributed by atoms with Gasteiger partial charge in [-0.25, -0.2) is 0 Å². The van der Waals surface area contributed by atoms with E-state index in [1.165, 1.54) is 24.0 Å². The molecule has 2 unspecified atom stereocenters. The summed E-state index contributed by atoms with van der Waals surface area (Å²) in [7, 11) is 0. The summed E-state index contributed by atoms with van der Waals surface area (Å²) in [6.07, 6.45) is 8.07. The van der Waals surface area contributed by atoms with Crippen molar-refractivity contribution in [3.63, 3.8) is 0 Å². The van der Waals surface area contributed by atoms with Crippen LogP contribution in [0.4, 0.5) is 0 Å². The number of likely N-dealkylation sites (N-methyl/N-ethyl adjacent to an activating group) is 1. The highest BCUT2D eigenvalue weighted by atomic mass is 16.5. The summed E-state index contributed by atoms with van der Waals surface area (Å²) >= 11 is 0. The van der Waals surface area contributed by atoms with E-state index in [2.05, 4.69) is 55.6 Å². The first-order chi connectivity index (χ1) is 10.3. The quantitative estimate of drug-likeness (QED) is 0.577. The predicted molar refractivity (Wildman–Crippen MR) is 89.4 cm³/mol. The number of hydrogen-bond donors (Lipinski definition) is 1. The summed E-state index contributed by atoms with van der Waals surface area (Å²) in [5.41, 5.74) is 2.67. The van der Waals surface area contributed by atoms with Crippen LogP contribution in [0.25, 0.3) is 0 Å². The first-order valence-electron chi connectivity index (χ1n) is 8.31. The Bertz CT molecular complexity index is 424. The molecule has 2 rings (SSSR count). The van der Waals surface area contributed by atoms with E-state index in [4.69, 9.17) is 4.74 Å². The minimum Gasteiger partial charge on any atom is -0.376 e. The van der Waals surface area contributed by atoms with Crippen LogP contribution in [-0.2, 0) is 17.8 Å². The van der Waals surface area contributed by atoms with Gasteiger partial charge in [0.1, 0.15) is 0 Å². The average Bonchev–Trinajstić information content (AvgIpc) is 2.51. The van der Waals surface area contributed by atoms with Crippen molar-refractivity contribution in [2.24, 2.45) is 11.8 Å². The predicted octanol–water partition coefficient (Wildman–Crippen LogP) is 3.96. The van der Waals surface area contributed by atoms with Crippen molar-refractivity contribution in [2.75, 3.05) is 19.7 Å². The Morgan fingerprint density at radius 1 is 1.10 bits per heavy atom. The molecule has 0 saturated carbocycles. The van der Waals surface area contributed by atoms with Gasteiger partial charge in [0.05, 0.1) is 13.2 Å². The van der Waals surface area contributed by atoms with E-state index in [-0.39, 0.29) is 0 Å². The number of benzene rings is 1. The fourth-order valence-corrected chi connectivity index (χ4v) is 2.78. The average molecular weight is 287 g/mol. The van der Waals surface area contributed by atoms with Crippen LogP contribution < -0.4 is 5.32 Å². The van der Waals surface area contributed by atoms with Gasteiger partial charge in [0.25, 0.3) is 0 Å². The molecule has 1 N–H and O–H groups in total. The molecule has 1 aliphatic rings. The second-order valence-corrected chi connectivity index (χ2v) is 6.12. The maximum atomic E-state index is 5.92. The third-order valence-electron chi connectivity index (χ3n) is 4.38. The summed E-state index contributed by atoms with van der Waals surface area (Å²) in [4.78, 5) is 0. The SMILES string of the molecule is CCNCCc1ccc(COCC2CC=CCC2C)cc1. The van der Waals surface area contributed by atoms with Gasteiger partial charge in [-0.2, -0.15) is 0 Å². The molecule has 0 saturated heterocycles. The monoisotopic (exact) mass is 287 g/mol. The molecule has 0 fully saturated rings. The highest BCUT2D eigenvalue weighted by molar-refractivity contribution is 5.22. The maximum Gasteiger partial charge on any atom is 0.0717 e. The van der Waals surface area contributed by atoms with Crippen molar-refractivity contribution in [2.45, 2.75) is 39.7 Å². The zero-order chi connectivity index (χ0) is 14.9. The lowest BCUT2D eigenvalue weighted by Crippen LogP contribution is -2.19. The highest BCUT2D eigenvalue weighted by Crippen LogP contribution is 2.25. The van der Waals surface area contributed by atoms with Crippen LogP contribution in [0.15, 0.2) is 36.4 Å². The van der Waals surface area contributed by atoms with E-state index in [1.54, 1.807) is 0 Å². The number of rotatable bonds is 8. The van der Waals surface area contributed by atoms with Gasteiger partial charge in [-0.3, -0.25) is 0 Å². The molecule has 0 bridgehead atoms. The molecule has 0 aliphatic heterocycles. The first-order valence-corrected chi connectivity index (χ1v) is 8.31. The van der Waals surface area contributed by atoms with Crippen LogP contribution in [0, 0.1) is 11.8 Å². The fourth-order valence-electron chi connectivity index (χ4n) is 2.78. The Morgan fingerprint density at radius 2 is 1.81 bits per heavy atom. The third kappa shape index (κ3) is 5.64. The summed E-state index contributed by atoms with van der Waals surface area (Å²) in [5, 5.41) is 3.36. The molecule has 2 nitrogen and oxygen atoms in total. The minimum absolute atomic E-state index is 0.689. The van der Waals surface area contributed by atoms with E-state index in [0.717, 1.165) is 38.6 Å². The van der Waals surface area contributed by atoms with Crippen molar-refractivity contribution in [3.8, 4) is 0 Å². The lowest BCUT2D eigenvalue weighted by molar-refractivity contribution is 0.0680. The zero-order valence-electron chi connectivity index (χ0n) is 13.5. The van der Waals surface area contributed by atoms with Crippen LogP contribution in [0.1, 0.15) is 37.8 Å². The Labute approximate surface area is 129 Å². The molecule has 1 aromatic carbocycles. The van der Waals surface area contributed by atoms with Gasteiger partial charge in [-0.05, 0) is 55.3 Å². The highest BCUT2D eigenvalue weighted by Gasteiger charge is 2.18. The number of nitrogens with one attached hydrogen (secondary N) is 1. The van der Waals surface area contributed by atoms with Gasteiger partial charge in [0, 0.05) is 0 Å². The van der Waals surface area contributed by atoms with Crippen molar-refractivity contribution < 1.29 is 4.74 Å². The second kappa shape index (κ2) is 9.01. The van der Waals surface area contributed by atoms with Crippen LogP contribution in [-0.4, -0.2) is 19.7 Å². The molecule has 21 heavy (non-hydrogen) atoms. The van der Waals surface area contributed by atoms with E-state index < -0.39 is 0 Å². The molecule has 2 atom stereocenters. The van der Waals surface area contributed by atoms with Crippen LogP contribution in [0.3, 0.4) is 0 Å². The summed E-state index contributed by atoms with van der Waals surface area (Å²) < 4.78 is 5.92. The van der Waals surface area contributed by atoms with Gasteiger partial charge in [0.15, 0.2) is 0 Å². The lowest BCUT2D eigenvalue weighted by atomic mass is 9.85. The van der Waals surface area contributed by atoms with Crippen LogP contribution in [0.2, 0.25) is 0 Å². The molecule has 0 spiro atoms. The fraction of sp³-hybridized carbons (Fsp3) is 0.579. The number of allylic oxidation sites excluding steroid dienone is 2. The largest absolute Gasteiger partial charge is 0.376 e. The molecule has 0 amide bonds. The molecule has 1 aliphatic carbocycles. The molecule has 0 heterocycles. The van der Waals surface area contributed by atoms with Gasteiger partial charge in [-0.1, -0.05) is 50.3 Å². The molecular formula is C19H29NO. The number of ether oxygens (including phenoxy) is 1. The normalized spacial score (nSPS) is 21.6. The first kappa shape index (κ1) is 16.3. The molecule has 116 valence electrons. The number of hydrogen-bond acceptors (Lipinski definition) is 2. The topological polar surface area (TPSA) is 21.3 Å². The van der Waals surface area contributed by atoms with Gasteiger partial charge in [0.2, 0.25) is 0 Å². The Balaban J connectivity index is 1.69. The van der Waals surface area contributed by atoms with Crippen LogP contribution in [0.5, 0.6) is 0 Å². The zero-order valence-corrected chi connectivity index (χ0v) is 13.5. The lowest BCUT2D eigenvalue weighted by Gasteiger charge is -2.24. The Morgan fingerprint density at radius 3 is 2.52 bits per heavy atom. The van der Waals surface area contributed by atoms with Gasteiger partial charge < -0.3 is 10.1 Å². The summed E-state index contributed by atoms with van der Waals surface area (Å²) in [6, 6.07) is 8.85. The van der Waals surface area contributed by atoms with E-state index in [1.807, 2.05) is 0 Å². The standard InChI is InChI=1S/C19H29NO/c1-3-20-13-12-17-8-10-18(11-9-17)14-21-15-19-7-5-4-6-16(19)2/h4-5,8-11,16,19-20H,3,6-7,12-15H2,1-2H3. The van der Waals surface area contributed by atoms with Crippen molar-refractivity contribution in [3.05, 3.63) is 47.5 Å². The molecule has 0 aromatic heterocycles. The second-order valence-electron chi connectivity index (χ2n) is 6.12. The molecular weight excluding hydrogens is 258 g/mol. The van der Waals surface area contributed by atoms with Crippen molar-refractivity contribution in [1.29, 1.82) is 0 Å². The van der Waals surface area contributed by atoms with Crippen molar-refractivity contribution >= 4 is 0 Å². The third-order valence-corrected chi connectivity index (χ3v) is 4.38. The molecule has 2 heteroatoms. The van der Waals surface area contributed by atoms with Crippen LogP contribution >= 0.6 is 0 Å². The summed E-state index contributed by atoms with van der Waals surface area (Å²) in [5.74, 6) is 1.44. The molecule has 0 radical (unpaired) electrons. The van der Waals surface area contributed by atoms with E-state index in [9.17, 15) is 0 Å². The molecule has 1 aromatic rings. The van der Waals surface area contributed by atoms with E-state index in [0.29, 0.717) is 5.92 Å². The van der Waals surface area contributed by atoms with Gasteiger partial charge in [-0.15, -0.1) is 0 Å². The van der Waals surface area contributed by atoms with Crippen molar-refractivity contribution in [1.82, 2.24) is 5.32 Å². The van der Waals surface area contributed by atoms with E-state index >= 15 is 0 Å².